The number of ether oxygens (including phenoxy) is 1. The van der Waals surface area contributed by atoms with Gasteiger partial charge in [0.15, 0.2) is 5.82 Å². The van der Waals surface area contributed by atoms with E-state index in [1.165, 1.54) is 13.2 Å². The van der Waals surface area contributed by atoms with Crippen LogP contribution >= 0.6 is 68.5 Å². The van der Waals surface area contributed by atoms with Gasteiger partial charge in [-0.2, -0.15) is 0 Å². The number of halogens is 3. The number of rotatable bonds is 6. The predicted octanol–water partition coefficient (Wildman–Crippen LogP) is 5.27. The molecule has 0 unspecified atom stereocenters. The number of hydrogen-bond donors (Lipinski definition) is 3. The van der Waals surface area contributed by atoms with Crippen LogP contribution in [0.25, 0.3) is 17.5 Å². The molecular weight excluding hydrogens is 644 g/mol. The Morgan fingerprint density at radius 3 is 2.59 bits per heavy atom. The van der Waals surface area contributed by atoms with Crippen molar-refractivity contribution < 1.29 is 19.7 Å². The first-order chi connectivity index (χ1) is 13.8. The maximum absolute atomic E-state index is 11.7. The fourth-order valence-corrected chi connectivity index (χ4v) is 5.03. The molecule has 0 radical (unpaired) electrons. The van der Waals surface area contributed by atoms with Crippen molar-refractivity contribution in [1.82, 2.24) is 15.2 Å². The molecule has 0 saturated heterocycles. The summed E-state index contributed by atoms with van der Waals surface area (Å²) < 4.78 is 6.57. The van der Waals surface area contributed by atoms with E-state index in [1.54, 1.807) is 30.3 Å². The molecule has 0 amide bonds. The smallest absolute Gasteiger partial charge is 0.342 e. The van der Waals surface area contributed by atoms with Crippen molar-refractivity contribution in [1.29, 1.82) is 0 Å². The van der Waals surface area contributed by atoms with Crippen LogP contribution in [0, 0.1) is 7.14 Å². The second-order valence-corrected chi connectivity index (χ2v) is 9.33. The van der Waals surface area contributed by atoms with E-state index in [1.807, 2.05) is 45.2 Å². The summed E-state index contributed by atoms with van der Waals surface area (Å²) in [5.74, 6) is 0.0244. The van der Waals surface area contributed by atoms with Gasteiger partial charge in [-0.3, -0.25) is 5.10 Å². The van der Waals surface area contributed by atoms with Crippen LogP contribution in [0.15, 0.2) is 40.4 Å². The van der Waals surface area contributed by atoms with Crippen molar-refractivity contribution in [3.63, 3.8) is 0 Å². The Kier molecular flexibility index (Phi) is 7.29. The Bertz CT molecular complexity index is 1100. The highest BCUT2D eigenvalue weighted by molar-refractivity contribution is 14.1. The Morgan fingerprint density at radius 1 is 1.28 bits per heavy atom. The number of hydrogen-bond acceptors (Lipinski definition) is 6. The number of aromatic hydroxyl groups is 1. The lowest BCUT2D eigenvalue weighted by Gasteiger charge is -2.05. The molecule has 3 N–H and O–H groups in total. The number of thioether (sulfide) groups is 1. The predicted molar refractivity (Wildman–Crippen MR) is 128 cm³/mol. The number of carboxylic acid groups (broad SMARTS) is 1. The largest absolute Gasteiger partial charge is 0.506 e. The van der Waals surface area contributed by atoms with Crippen molar-refractivity contribution in [2.45, 2.75) is 5.16 Å². The molecule has 7 nitrogen and oxygen atoms in total. The number of benzene rings is 2. The summed E-state index contributed by atoms with van der Waals surface area (Å²) in [6, 6.07) is 8.48. The number of phenolic OH excluding ortho intramolecular Hbond substituents is 1. The van der Waals surface area contributed by atoms with Crippen LogP contribution in [-0.2, 0) is 4.79 Å². The molecule has 1 heterocycles. The van der Waals surface area contributed by atoms with E-state index in [4.69, 9.17) is 16.3 Å². The van der Waals surface area contributed by atoms with E-state index in [0.717, 1.165) is 11.8 Å². The molecule has 0 fully saturated rings. The van der Waals surface area contributed by atoms with Gasteiger partial charge in [0, 0.05) is 5.02 Å². The van der Waals surface area contributed by atoms with Gasteiger partial charge in [0.2, 0.25) is 5.16 Å². The Labute approximate surface area is 202 Å². The van der Waals surface area contributed by atoms with Crippen molar-refractivity contribution in [3.05, 3.63) is 53.0 Å². The Hall–Kier alpha value is -1.51. The molecule has 11 heteroatoms. The van der Waals surface area contributed by atoms with Crippen LogP contribution in [0.5, 0.6) is 11.5 Å². The third-order valence-electron chi connectivity index (χ3n) is 3.63. The zero-order chi connectivity index (χ0) is 21.1. The number of carbonyl (C=O) groups is 1. The molecular formula is C18H12ClI2N3O4S. The average Bonchev–Trinajstić information content (AvgIpc) is 3.14. The lowest BCUT2D eigenvalue weighted by Crippen LogP contribution is -1.97. The Morgan fingerprint density at radius 2 is 1.97 bits per heavy atom. The monoisotopic (exact) mass is 655 g/mol. The van der Waals surface area contributed by atoms with Gasteiger partial charge in [-0.1, -0.05) is 11.6 Å². The maximum atomic E-state index is 11.7. The molecule has 1 aromatic heterocycles. The molecule has 150 valence electrons. The van der Waals surface area contributed by atoms with E-state index in [0.29, 0.717) is 34.9 Å². The molecule has 3 aromatic rings. The first-order valence-corrected chi connectivity index (χ1v) is 11.2. The SMILES string of the molecule is COc1ccc(Cl)cc1-c1nc(S/C(=C\c2cc(I)c(O)c(I)c2)C(=O)O)n[nH]1. The maximum Gasteiger partial charge on any atom is 0.342 e. The van der Waals surface area contributed by atoms with Crippen molar-refractivity contribution >= 4 is 80.6 Å². The first-order valence-electron chi connectivity index (χ1n) is 7.85. The number of nitrogens with zero attached hydrogens (tertiary/aromatic N) is 2. The second-order valence-electron chi connectivity index (χ2n) is 5.56. The van der Waals surface area contributed by atoms with Gasteiger partial charge in [-0.15, -0.1) is 5.10 Å². The van der Waals surface area contributed by atoms with Gasteiger partial charge in [0.05, 0.1) is 19.8 Å². The van der Waals surface area contributed by atoms with Crippen molar-refractivity contribution in [2.24, 2.45) is 0 Å². The zero-order valence-electron chi connectivity index (χ0n) is 14.6. The molecule has 0 aliphatic heterocycles. The number of methoxy groups -OCH3 is 1. The van der Waals surface area contributed by atoms with Crippen LogP contribution in [0.4, 0.5) is 0 Å². The van der Waals surface area contributed by atoms with Crippen LogP contribution in [0.2, 0.25) is 5.02 Å². The first kappa shape index (κ1) is 22.2. The molecule has 0 spiro atoms. The number of phenols is 1. The molecule has 0 bridgehead atoms. The molecule has 0 aliphatic rings. The van der Waals surface area contributed by atoms with Gasteiger partial charge >= 0.3 is 5.97 Å². The number of aromatic amines is 1. The second kappa shape index (κ2) is 9.53. The minimum absolute atomic E-state index is 0.0332. The topological polar surface area (TPSA) is 108 Å². The number of aromatic nitrogens is 3. The molecule has 3 rings (SSSR count). The quantitative estimate of drug-likeness (QED) is 0.189. The van der Waals surface area contributed by atoms with Crippen molar-refractivity contribution in [2.75, 3.05) is 7.11 Å². The summed E-state index contributed by atoms with van der Waals surface area (Å²) in [6.07, 6.45) is 1.51. The van der Waals surface area contributed by atoms with Crippen LogP contribution < -0.4 is 4.74 Å². The van der Waals surface area contributed by atoms with E-state index in [-0.39, 0.29) is 15.8 Å². The summed E-state index contributed by atoms with van der Waals surface area (Å²) in [6.45, 7) is 0. The fraction of sp³-hybridized carbons (Fsp3) is 0.0556. The lowest BCUT2D eigenvalue weighted by molar-refractivity contribution is -0.131. The average molecular weight is 656 g/mol. The van der Waals surface area contributed by atoms with E-state index >= 15 is 0 Å². The Balaban J connectivity index is 1.92. The zero-order valence-corrected chi connectivity index (χ0v) is 20.5. The normalized spacial score (nSPS) is 11.5. The molecule has 29 heavy (non-hydrogen) atoms. The third-order valence-corrected chi connectivity index (χ3v) is 6.39. The van der Waals surface area contributed by atoms with Crippen LogP contribution in [0.3, 0.4) is 0 Å². The third kappa shape index (κ3) is 5.35. The summed E-state index contributed by atoms with van der Waals surface area (Å²) in [5.41, 5.74) is 1.26. The standard InChI is InChI=1S/C18H12ClI2N3O4S/c1-28-13-3-2-9(19)7-10(13)16-22-18(24-23-16)29-14(17(26)27)6-8-4-11(20)15(25)12(21)5-8/h2-7,25H,1H3,(H,26,27)(H,22,23,24)/b14-6-. The van der Waals surface area contributed by atoms with Crippen LogP contribution in [-0.4, -0.2) is 38.5 Å². The molecule has 0 saturated carbocycles. The number of H-pyrrole nitrogens is 1. The van der Waals surface area contributed by atoms with Crippen molar-refractivity contribution in [3.8, 4) is 22.9 Å². The molecule has 0 aliphatic carbocycles. The minimum Gasteiger partial charge on any atom is -0.506 e. The lowest BCUT2D eigenvalue weighted by atomic mass is 10.2. The van der Waals surface area contributed by atoms with E-state index < -0.39 is 5.97 Å². The summed E-state index contributed by atoms with van der Waals surface area (Å²) in [5, 5.41) is 27.1. The number of carboxylic acids is 1. The van der Waals surface area contributed by atoms with Gasteiger partial charge in [-0.25, -0.2) is 9.78 Å². The van der Waals surface area contributed by atoms with Gasteiger partial charge in [-0.05, 0) is 98.9 Å². The summed E-state index contributed by atoms with van der Waals surface area (Å²) in [4.78, 5) is 16.1. The highest BCUT2D eigenvalue weighted by Gasteiger charge is 2.17. The van der Waals surface area contributed by atoms with Crippen LogP contribution in [0.1, 0.15) is 5.56 Å². The van der Waals surface area contributed by atoms with E-state index in [9.17, 15) is 15.0 Å². The summed E-state index contributed by atoms with van der Waals surface area (Å²) >= 11 is 10.9. The van der Waals surface area contributed by atoms with E-state index in [2.05, 4.69) is 15.2 Å². The van der Waals surface area contributed by atoms with Gasteiger partial charge in [0.1, 0.15) is 16.4 Å². The minimum atomic E-state index is -1.11. The molecule has 0 atom stereocenters. The fourth-order valence-electron chi connectivity index (χ4n) is 2.33. The highest BCUT2D eigenvalue weighted by Crippen LogP contribution is 2.34. The molecule has 2 aromatic carbocycles. The van der Waals surface area contributed by atoms with Gasteiger partial charge < -0.3 is 14.9 Å². The number of aliphatic carboxylic acids is 1. The highest BCUT2D eigenvalue weighted by atomic mass is 127. The summed E-state index contributed by atoms with van der Waals surface area (Å²) in [7, 11) is 1.53. The van der Waals surface area contributed by atoms with Gasteiger partial charge in [0.25, 0.3) is 0 Å². The number of nitrogens with one attached hydrogen (secondary N) is 1.